The SMILES string of the molecule is CC(NCc1cc(Cl)c2c(c1)OCCO2)C(=O)N(C)C. The second-order valence-corrected chi connectivity index (χ2v) is 5.34. The van der Waals surface area contributed by atoms with Crippen LogP contribution in [0.2, 0.25) is 5.02 Å². The van der Waals surface area contributed by atoms with E-state index in [1.165, 1.54) is 0 Å². The zero-order chi connectivity index (χ0) is 14.7. The quantitative estimate of drug-likeness (QED) is 0.919. The lowest BCUT2D eigenvalue weighted by atomic mass is 10.1. The number of hydrogen-bond donors (Lipinski definition) is 1. The van der Waals surface area contributed by atoms with Gasteiger partial charge in [0.1, 0.15) is 13.2 Å². The first-order valence-electron chi connectivity index (χ1n) is 6.51. The van der Waals surface area contributed by atoms with E-state index in [2.05, 4.69) is 5.32 Å². The van der Waals surface area contributed by atoms with Crippen LogP contribution in [0.5, 0.6) is 11.5 Å². The predicted octanol–water partition coefficient (Wildman–Crippen LogP) is 1.68. The Morgan fingerprint density at radius 3 is 2.80 bits per heavy atom. The number of rotatable bonds is 4. The largest absolute Gasteiger partial charge is 0.486 e. The average molecular weight is 299 g/mol. The molecule has 0 saturated carbocycles. The molecule has 0 aromatic heterocycles. The molecule has 5 nitrogen and oxygen atoms in total. The number of halogens is 1. The van der Waals surface area contributed by atoms with Gasteiger partial charge in [-0.05, 0) is 24.6 Å². The van der Waals surface area contributed by atoms with Crippen molar-refractivity contribution in [3.05, 3.63) is 22.7 Å². The number of ether oxygens (including phenoxy) is 2. The maximum atomic E-state index is 11.8. The third-order valence-corrected chi connectivity index (χ3v) is 3.36. The fourth-order valence-corrected chi connectivity index (χ4v) is 2.30. The lowest BCUT2D eigenvalue weighted by molar-refractivity contribution is -0.130. The Morgan fingerprint density at radius 2 is 2.10 bits per heavy atom. The number of fused-ring (bicyclic) bond motifs is 1. The molecule has 0 spiro atoms. The number of likely N-dealkylation sites (N-methyl/N-ethyl adjacent to an activating group) is 1. The Kier molecular flexibility index (Phi) is 4.73. The van der Waals surface area contributed by atoms with Gasteiger partial charge in [-0.15, -0.1) is 0 Å². The molecule has 1 atom stereocenters. The summed E-state index contributed by atoms with van der Waals surface area (Å²) in [4.78, 5) is 13.3. The first kappa shape index (κ1) is 14.9. The topological polar surface area (TPSA) is 50.8 Å². The summed E-state index contributed by atoms with van der Waals surface area (Å²) < 4.78 is 11.0. The summed E-state index contributed by atoms with van der Waals surface area (Å²) in [5, 5.41) is 3.70. The van der Waals surface area contributed by atoms with E-state index in [9.17, 15) is 4.79 Å². The van der Waals surface area contributed by atoms with Crippen molar-refractivity contribution in [2.45, 2.75) is 19.5 Å². The highest BCUT2D eigenvalue weighted by Gasteiger charge is 2.18. The molecule has 0 bridgehead atoms. The van der Waals surface area contributed by atoms with E-state index in [4.69, 9.17) is 21.1 Å². The van der Waals surface area contributed by atoms with E-state index in [1.54, 1.807) is 19.0 Å². The highest BCUT2D eigenvalue weighted by atomic mass is 35.5. The van der Waals surface area contributed by atoms with Crippen LogP contribution in [0.1, 0.15) is 12.5 Å². The second kappa shape index (κ2) is 6.33. The van der Waals surface area contributed by atoms with Gasteiger partial charge in [-0.3, -0.25) is 4.79 Å². The molecule has 20 heavy (non-hydrogen) atoms. The standard InChI is InChI=1S/C14H19ClN2O3/c1-9(14(18)17(2)3)16-8-10-6-11(15)13-12(7-10)19-4-5-20-13/h6-7,9,16H,4-5,8H2,1-3H3. The van der Waals surface area contributed by atoms with Crippen LogP contribution in [0.25, 0.3) is 0 Å². The third kappa shape index (κ3) is 3.35. The highest BCUT2D eigenvalue weighted by molar-refractivity contribution is 6.32. The number of benzene rings is 1. The van der Waals surface area contributed by atoms with E-state index in [-0.39, 0.29) is 11.9 Å². The van der Waals surface area contributed by atoms with Crippen molar-refractivity contribution in [3.63, 3.8) is 0 Å². The van der Waals surface area contributed by atoms with E-state index in [1.807, 2.05) is 19.1 Å². The molecule has 0 saturated heterocycles. The molecule has 0 aliphatic carbocycles. The minimum Gasteiger partial charge on any atom is -0.486 e. The van der Waals surface area contributed by atoms with Gasteiger partial charge in [-0.25, -0.2) is 0 Å². The summed E-state index contributed by atoms with van der Waals surface area (Å²) in [5.74, 6) is 1.29. The molecule has 0 radical (unpaired) electrons. The summed E-state index contributed by atoms with van der Waals surface area (Å²) >= 11 is 6.17. The van der Waals surface area contributed by atoms with E-state index in [0.717, 1.165) is 5.56 Å². The van der Waals surface area contributed by atoms with Gasteiger partial charge in [-0.1, -0.05) is 11.6 Å². The van der Waals surface area contributed by atoms with E-state index < -0.39 is 0 Å². The van der Waals surface area contributed by atoms with E-state index in [0.29, 0.717) is 36.3 Å². The first-order chi connectivity index (χ1) is 9.49. The molecule has 2 rings (SSSR count). The van der Waals surface area contributed by atoms with Gasteiger partial charge in [0.25, 0.3) is 0 Å². The minimum absolute atomic E-state index is 0.0358. The Morgan fingerprint density at radius 1 is 1.40 bits per heavy atom. The summed E-state index contributed by atoms with van der Waals surface area (Å²) in [6, 6.07) is 3.46. The van der Waals surface area contributed by atoms with Crippen molar-refractivity contribution in [3.8, 4) is 11.5 Å². The molecular weight excluding hydrogens is 280 g/mol. The molecule has 1 aliphatic heterocycles. The Balaban J connectivity index is 2.03. The van der Waals surface area contributed by atoms with Crippen LogP contribution in [0.4, 0.5) is 0 Å². The molecule has 0 fully saturated rings. The van der Waals surface area contributed by atoms with E-state index >= 15 is 0 Å². The monoisotopic (exact) mass is 298 g/mol. The molecule has 1 unspecified atom stereocenters. The minimum atomic E-state index is -0.253. The van der Waals surface area contributed by atoms with Crippen molar-refractivity contribution in [2.24, 2.45) is 0 Å². The number of carbonyl (C=O) groups is 1. The highest BCUT2D eigenvalue weighted by Crippen LogP contribution is 2.38. The molecule has 1 heterocycles. The molecule has 110 valence electrons. The van der Waals surface area contributed by atoms with Gasteiger partial charge in [0.2, 0.25) is 5.91 Å². The third-order valence-electron chi connectivity index (χ3n) is 3.08. The summed E-state index contributed by atoms with van der Waals surface area (Å²) in [5.41, 5.74) is 0.956. The zero-order valence-corrected chi connectivity index (χ0v) is 12.7. The molecular formula is C14H19ClN2O3. The van der Waals surface area contributed by atoms with Crippen molar-refractivity contribution in [1.82, 2.24) is 10.2 Å². The van der Waals surface area contributed by atoms with Crippen LogP contribution < -0.4 is 14.8 Å². The van der Waals surface area contributed by atoms with Gasteiger partial charge in [0.05, 0.1) is 11.1 Å². The Hall–Kier alpha value is -1.46. The van der Waals surface area contributed by atoms with Crippen molar-refractivity contribution >= 4 is 17.5 Å². The molecule has 1 amide bonds. The van der Waals surface area contributed by atoms with Gasteiger partial charge in [0.15, 0.2) is 11.5 Å². The fraction of sp³-hybridized carbons (Fsp3) is 0.500. The maximum Gasteiger partial charge on any atom is 0.238 e. The fourth-order valence-electron chi connectivity index (χ4n) is 2.01. The number of nitrogens with zero attached hydrogens (tertiary/aromatic N) is 1. The number of amides is 1. The number of nitrogens with one attached hydrogen (secondary N) is 1. The van der Waals surface area contributed by atoms with Crippen LogP contribution in [0.3, 0.4) is 0 Å². The van der Waals surface area contributed by atoms with Gasteiger partial charge >= 0.3 is 0 Å². The first-order valence-corrected chi connectivity index (χ1v) is 6.89. The number of carbonyl (C=O) groups excluding carboxylic acids is 1. The molecule has 6 heteroatoms. The molecule has 1 aromatic carbocycles. The van der Waals surface area contributed by atoms with Gasteiger partial charge < -0.3 is 19.7 Å². The predicted molar refractivity (Wildman–Crippen MR) is 77.4 cm³/mol. The summed E-state index contributed by atoms with van der Waals surface area (Å²) in [6.07, 6.45) is 0. The molecule has 1 aliphatic rings. The van der Waals surface area contributed by atoms with Gasteiger partial charge in [0, 0.05) is 20.6 Å². The summed E-state index contributed by atoms with van der Waals surface area (Å²) in [7, 11) is 3.48. The van der Waals surface area contributed by atoms with Crippen molar-refractivity contribution in [1.29, 1.82) is 0 Å². The van der Waals surface area contributed by atoms with Crippen LogP contribution in [0.15, 0.2) is 12.1 Å². The van der Waals surface area contributed by atoms with Crippen molar-refractivity contribution < 1.29 is 14.3 Å². The van der Waals surface area contributed by atoms with Crippen molar-refractivity contribution in [2.75, 3.05) is 27.3 Å². The normalized spacial score (nSPS) is 14.8. The average Bonchev–Trinajstić information content (AvgIpc) is 2.44. The lowest BCUT2D eigenvalue weighted by Gasteiger charge is -2.21. The second-order valence-electron chi connectivity index (χ2n) is 4.94. The Labute approximate surface area is 123 Å². The van der Waals surface area contributed by atoms with Crippen LogP contribution in [-0.2, 0) is 11.3 Å². The Bertz CT molecular complexity index is 505. The maximum absolute atomic E-state index is 11.8. The lowest BCUT2D eigenvalue weighted by Crippen LogP contribution is -2.41. The van der Waals surface area contributed by atoms with Crippen LogP contribution in [-0.4, -0.2) is 44.2 Å². The molecule has 1 N–H and O–H groups in total. The van der Waals surface area contributed by atoms with Gasteiger partial charge in [-0.2, -0.15) is 0 Å². The zero-order valence-electron chi connectivity index (χ0n) is 11.9. The number of hydrogen-bond acceptors (Lipinski definition) is 4. The smallest absolute Gasteiger partial charge is 0.238 e. The molecule has 1 aromatic rings. The summed E-state index contributed by atoms with van der Waals surface area (Å²) in [6.45, 7) is 3.41. The van der Waals surface area contributed by atoms with Crippen LogP contribution in [0, 0.1) is 0 Å². The van der Waals surface area contributed by atoms with Crippen LogP contribution >= 0.6 is 11.6 Å².